The maximum atomic E-state index is 12.4. The third-order valence-electron chi connectivity index (χ3n) is 4.24. The van der Waals surface area contributed by atoms with Crippen LogP contribution in [0.1, 0.15) is 49.4 Å². The van der Waals surface area contributed by atoms with E-state index in [2.05, 4.69) is 32.2 Å². The SMILES string of the molecule is Cc1cccc(C(C)C)c1NC(=O)C[NH2+][C@@H](C)c1ccccc1Cl. The van der Waals surface area contributed by atoms with E-state index < -0.39 is 0 Å². The van der Waals surface area contributed by atoms with Crippen molar-refractivity contribution >= 4 is 23.2 Å². The first-order valence-electron chi connectivity index (χ1n) is 8.37. The van der Waals surface area contributed by atoms with E-state index in [0.717, 1.165) is 21.8 Å². The third kappa shape index (κ3) is 4.59. The molecule has 3 nitrogen and oxygen atoms in total. The minimum Gasteiger partial charge on any atom is -0.332 e. The van der Waals surface area contributed by atoms with Crippen molar-refractivity contribution < 1.29 is 10.1 Å². The second kappa shape index (κ2) is 8.32. The zero-order valence-corrected chi connectivity index (χ0v) is 15.5. The van der Waals surface area contributed by atoms with Crippen molar-refractivity contribution in [3.05, 3.63) is 64.2 Å². The topological polar surface area (TPSA) is 45.7 Å². The highest BCUT2D eigenvalue weighted by Crippen LogP contribution is 2.27. The Bertz CT molecular complexity index is 713. The summed E-state index contributed by atoms with van der Waals surface area (Å²) in [5, 5.41) is 5.82. The van der Waals surface area contributed by atoms with Gasteiger partial charge in [0.25, 0.3) is 5.91 Å². The summed E-state index contributed by atoms with van der Waals surface area (Å²) in [7, 11) is 0. The molecule has 0 unspecified atom stereocenters. The number of nitrogens with two attached hydrogens (primary N) is 1. The molecule has 0 aromatic heterocycles. The number of quaternary nitrogens is 1. The van der Waals surface area contributed by atoms with Gasteiger partial charge >= 0.3 is 0 Å². The van der Waals surface area contributed by atoms with Crippen LogP contribution in [0.25, 0.3) is 0 Å². The van der Waals surface area contributed by atoms with Crippen LogP contribution in [0.3, 0.4) is 0 Å². The number of aryl methyl sites for hydroxylation is 1. The van der Waals surface area contributed by atoms with Crippen LogP contribution in [0.15, 0.2) is 42.5 Å². The zero-order chi connectivity index (χ0) is 17.7. The normalized spacial score (nSPS) is 12.2. The van der Waals surface area contributed by atoms with E-state index in [1.165, 1.54) is 5.56 Å². The third-order valence-corrected chi connectivity index (χ3v) is 4.59. The predicted molar refractivity (Wildman–Crippen MR) is 101 cm³/mol. The minimum absolute atomic E-state index is 0.00473. The van der Waals surface area contributed by atoms with Gasteiger partial charge in [-0.3, -0.25) is 4.79 Å². The molecule has 128 valence electrons. The fourth-order valence-corrected chi connectivity index (χ4v) is 3.10. The smallest absolute Gasteiger partial charge is 0.279 e. The fraction of sp³-hybridized carbons (Fsp3) is 0.350. The first kappa shape index (κ1) is 18.5. The molecule has 24 heavy (non-hydrogen) atoms. The largest absolute Gasteiger partial charge is 0.332 e. The standard InChI is InChI=1S/C20H25ClN2O/c1-13(2)16-10-7-8-14(3)20(16)23-19(24)12-22-15(4)17-9-5-6-11-18(17)21/h5-11,13,15,22H,12H2,1-4H3,(H,23,24)/p+1/t15-/m0/s1. The van der Waals surface area contributed by atoms with Gasteiger partial charge in [0.05, 0.1) is 0 Å². The van der Waals surface area contributed by atoms with E-state index in [1.54, 1.807) is 0 Å². The number of carbonyl (C=O) groups excluding carboxylic acids is 1. The Kier molecular flexibility index (Phi) is 6.41. The first-order chi connectivity index (χ1) is 11.4. The molecule has 0 saturated heterocycles. The Morgan fingerprint density at radius 1 is 1.08 bits per heavy atom. The van der Waals surface area contributed by atoms with Gasteiger partial charge in [-0.1, -0.05) is 61.8 Å². The van der Waals surface area contributed by atoms with Gasteiger partial charge in [0, 0.05) is 16.3 Å². The van der Waals surface area contributed by atoms with Crippen LogP contribution in [0, 0.1) is 6.92 Å². The lowest BCUT2D eigenvalue weighted by Crippen LogP contribution is -2.86. The second-order valence-corrected chi connectivity index (χ2v) is 6.90. The lowest BCUT2D eigenvalue weighted by atomic mass is 9.98. The number of carbonyl (C=O) groups is 1. The summed E-state index contributed by atoms with van der Waals surface area (Å²) < 4.78 is 0. The van der Waals surface area contributed by atoms with E-state index >= 15 is 0 Å². The molecule has 2 rings (SSSR count). The molecule has 0 heterocycles. The quantitative estimate of drug-likeness (QED) is 0.815. The molecule has 2 aromatic carbocycles. The highest BCUT2D eigenvalue weighted by atomic mass is 35.5. The van der Waals surface area contributed by atoms with Crippen molar-refractivity contribution in [2.24, 2.45) is 0 Å². The summed E-state index contributed by atoms with van der Waals surface area (Å²) in [6, 6.07) is 14.0. The summed E-state index contributed by atoms with van der Waals surface area (Å²) in [5.74, 6) is 0.372. The molecular formula is C20H26ClN2O+. The van der Waals surface area contributed by atoms with Crippen molar-refractivity contribution in [3.63, 3.8) is 0 Å². The van der Waals surface area contributed by atoms with Gasteiger partial charge in [0.1, 0.15) is 6.04 Å². The molecule has 0 aliphatic heterocycles. The second-order valence-electron chi connectivity index (χ2n) is 6.49. The highest BCUT2D eigenvalue weighted by molar-refractivity contribution is 6.31. The molecular weight excluding hydrogens is 320 g/mol. The number of hydrogen-bond donors (Lipinski definition) is 2. The van der Waals surface area contributed by atoms with Crippen LogP contribution in [-0.4, -0.2) is 12.5 Å². The zero-order valence-electron chi connectivity index (χ0n) is 14.8. The highest BCUT2D eigenvalue weighted by Gasteiger charge is 2.16. The van der Waals surface area contributed by atoms with Crippen LogP contribution in [-0.2, 0) is 4.79 Å². The van der Waals surface area contributed by atoms with E-state index in [0.29, 0.717) is 12.5 Å². The van der Waals surface area contributed by atoms with E-state index in [1.807, 2.05) is 48.6 Å². The average molecular weight is 346 g/mol. The summed E-state index contributed by atoms with van der Waals surface area (Å²) in [4.78, 5) is 12.4. The van der Waals surface area contributed by atoms with E-state index in [9.17, 15) is 4.79 Å². The Balaban J connectivity index is 2.01. The maximum Gasteiger partial charge on any atom is 0.279 e. The van der Waals surface area contributed by atoms with Gasteiger partial charge < -0.3 is 10.6 Å². The van der Waals surface area contributed by atoms with Gasteiger partial charge in [-0.2, -0.15) is 0 Å². The van der Waals surface area contributed by atoms with Crippen LogP contribution in [0.5, 0.6) is 0 Å². The number of amides is 1. The van der Waals surface area contributed by atoms with E-state index in [-0.39, 0.29) is 11.9 Å². The van der Waals surface area contributed by atoms with Crippen LogP contribution in [0.4, 0.5) is 5.69 Å². The molecule has 0 radical (unpaired) electrons. The fourth-order valence-electron chi connectivity index (χ4n) is 2.79. The summed E-state index contributed by atoms with van der Waals surface area (Å²) in [6.07, 6.45) is 0. The minimum atomic E-state index is 0.00473. The van der Waals surface area contributed by atoms with Crippen LogP contribution >= 0.6 is 11.6 Å². The molecule has 0 aliphatic carbocycles. The predicted octanol–water partition coefficient (Wildman–Crippen LogP) is 4.03. The molecule has 2 aromatic rings. The number of hydrogen-bond acceptors (Lipinski definition) is 1. The number of nitrogens with one attached hydrogen (secondary N) is 1. The average Bonchev–Trinajstić information content (AvgIpc) is 2.54. The van der Waals surface area contributed by atoms with Gasteiger partial charge in [0.15, 0.2) is 6.54 Å². The van der Waals surface area contributed by atoms with Crippen molar-refractivity contribution in [1.82, 2.24) is 0 Å². The number of rotatable bonds is 6. The molecule has 0 saturated carbocycles. The summed E-state index contributed by atoms with van der Waals surface area (Å²) in [5.41, 5.74) is 4.25. The Labute approximate surface area is 149 Å². The van der Waals surface area contributed by atoms with Crippen molar-refractivity contribution in [3.8, 4) is 0 Å². The van der Waals surface area contributed by atoms with Crippen LogP contribution < -0.4 is 10.6 Å². The Morgan fingerprint density at radius 3 is 2.42 bits per heavy atom. The molecule has 0 aliphatic rings. The van der Waals surface area contributed by atoms with Crippen molar-refractivity contribution in [2.75, 3.05) is 11.9 Å². The van der Waals surface area contributed by atoms with Gasteiger partial charge in [-0.05, 0) is 37.0 Å². The maximum absolute atomic E-state index is 12.4. The molecule has 3 N–H and O–H groups in total. The van der Waals surface area contributed by atoms with Crippen molar-refractivity contribution in [1.29, 1.82) is 0 Å². The molecule has 0 bridgehead atoms. The van der Waals surface area contributed by atoms with E-state index in [4.69, 9.17) is 11.6 Å². The van der Waals surface area contributed by atoms with Crippen LogP contribution in [0.2, 0.25) is 5.02 Å². The number of halogens is 1. The summed E-state index contributed by atoms with van der Waals surface area (Å²) >= 11 is 6.22. The Hall–Kier alpha value is -1.84. The summed E-state index contributed by atoms with van der Waals surface area (Å²) in [6.45, 7) is 8.71. The van der Waals surface area contributed by atoms with Gasteiger partial charge in [-0.25, -0.2) is 0 Å². The van der Waals surface area contributed by atoms with Gasteiger partial charge in [0.2, 0.25) is 0 Å². The Morgan fingerprint density at radius 2 is 1.75 bits per heavy atom. The number of para-hydroxylation sites is 1. The molecule has 0 spiro atoms. The molecule has 0 fully saturated rings. The lowest BCUT2D eigenvalue weighted by Gasteiger charge is -2.17. The lowest BCUT2D eigenvalue weighted by molar-refractivity contribution is -0.682. The molecule has 1 atom stereocenters. The molecule has 1 amide bonds. The number of benzene rings is 2. The molecule has 4 heteroatoms. The van der Waals surface area contributed by atoms with Crippen molar-refractivity contribution in [2.45, 2.75) is 39.7 Å². The number of anilines is 1. The first-order valence-corrected chi connectivity index (χ1v) is 8.75. The van der Waals surface area contributed by atoms with Gasteiger partial charge in [-0.15, -0.1) is 0 Å². The monoisotopic (exact) mass is 345 g/mol.